The van der Waals surface area contributed by atoms with Gasteiger partial charge in [0.1, 0.15) is 0 Å². The molecule has 0 radical (unpaired) electrons. The molecule has 3 nitrogen and oxygen atoms in total. The molecule has 20 heavy (non-hydrogen) atoms. The largest absolute Gasteiger partial charge is 0.315 e. The summed E-state index contributed by atoms with van der Waals surface area (Å²) in [6, 6.07) is 1.44. The highest BCUT2D eigenvalue weighted by Gasteiger charge is 2.32. The van der Waals surface area contributed by atoms with Crippen molar-refractivity contribution in [3.63, 3.8) is 0 Å². The van der Waals surface area contributed by atoms with Crippen LogP contribution >= 0.6 is 0 Å². The normalized spacial score (nSPS) is 27.4. The van der Waals surface area contributed by atoms with Gasteiger partial charge in [0.15, 0.2) is 0 Å². The third-order valence-corrected chi connectivity index (χ3v) is 4.92. The first-order valence-electron chi connectivity index (χ1n) is 8.68. The third kappa shape index (κ3) is 5.71. The summed E-state index contributed by atoms with van der Waals surface area (Å²) in [6.07, 6.45) is 8.22. The predicted molar refractivity (Wildman–Crippen MR) is 89.3 cm³/mol. The van der Waals surface area contributed by atoms with Crippen molar-refractivity contribution >= 4 is 0 Å². The summed E-state index contributed by atoms with van der Waals surface area (Å²) in [5.41, 5.74) is 0. The van der Waals surface area contributed by atoms with Crippen molar-refractivity contribution in [3.8, 4) is 0 Å². The molecule has 3 atom stereocenters. The Morgan fingerprint density at radius 2 is 1.85 bits per heavy atom. The van der Waals surface area contributed by atoms with Gasteiger partial charge in [-0.25, -0.2) is 0 Å². The van der Waals surface area contributed by atoms with Crippen LogP contribution in [0, 0.1) is 5.92 Å². The maximum atomic E-state index is 3.58. The van der Waals surface area contributed by atoms with Gasteiger partial charge in [0.05, 0.1) is 0 Å². The standard InChI is InChI=1S/C17H37N3/c1-6-9-15-10-11-16(18-3)17(14-15)20(7-2)13-8-12-19(4)5/h15-18H,6-14H2,1-5H3. The molecule has 0 aromatic heterocycles. The van der Waals surface area contributed by atoms with E-state index in [-0.39, 0.29) is 0 Å². The summed E-state index contributed by atoms with van der Waals surface area (Å²) in [4.78, 5) is 5.02. The van der Waals surface area contributed by atoms with Gasteiger partial charge in [-0.2, -0.15) is 0 Å². The molecule has 1 saturated carbocycles. The molecular weight excluding hydrogens is 246 g/mol. The number of hydrogen-bond acceptors (Lipinski definition) is 3. The van der Waals surface area contributed by atoms with E-state index in [0.29, 0.717) is 6.04 Å². The molecule has 0 saturated heterocycles. The van der Waals surface area contributed by atoms with Crippen LogP contribution in [0.4, 0.5) is 0 Å². The second-order valence-corrected chi connectivity index (χ2v) is 6.72. The van der Waals surface area contributed by atoms with E-state index in [0.717, 1.165) is 12.0 Å². The lowest BCUT2D eigenvalue weighted by atomic mass is 9.79. The van der Waals surface area contributed by atoms with Gasteiger partial charge < -0.3 is 10.2 Å². The van der Waals surface area contributed by atoms with E-state index in [4.69, 9.17) is 0 Å². The minimum absolute atomic E-state index is 0.697. The molecule has 0 aromatic carbocycles. The fraction of sp³-hybridized carbons (Fsp3) is 1.00. The maximum Gasteiger partial charge on any atom is 0.0251 e. The first-order chi connectivity index (χ1) is 9.62. The molecule has 0 spiro atoms. The molecule has 1 aliphatic rings. The Kier molecular flexibility index (Phi) is 8.74. The van der Waals surface area contributed by atoms with E-state index >= 15 is 0 Å². The van der Waals surface area contributed by atoms with Crippen molar-refractivity contribution in [3.05, 3.63) is 0 Å². The highest BCUT2D eigenvalue weighted by Crippen LogP contribution is 2.31. The smallest absolute Gasteiger partial charge is 0.0251 e. The van der Waals surface area contributed by atoms with Crippen molar-refractivity contribution in [1.82, 2.24) is 15.1 Å². The predicted octanol–water partition coefficient (Wildman–Crippen LogP) is 2.82. The monoisotopic (exact) mass is 283 g/mol. The summed E-state index contributed by atoms with van der Waals surface area (Å²) in [6.45, 7) is 8.29. The Balaban J connectivity index is 2.54. The molecule has 3 heteroatoms. The molecule has 0 amide bonds. The molecule has 3 unspecified atom stereocenters. The third-order valence-electron chi connectivity index (χ3n) is 4.92. The lowest BCUT2D eigenvalue weighted by Gasteiger charge is -2.42. The molecule has 0 aliphatic heterocycles. The molecule has 120 valence electrons. The van der Waals surface area contributed by atoms with Crippen molar-refractivity contribution in [2.45, 2.75) is 64.5 Å². The Hall–Kier alpha value is -0.120. The van der Waals surface area contributed by atoms with Crippen LogP contribution in [0.25, 0.3) is 0 Å². The molecule has 1 fully saturated rings. The summed E-state index contributed by atoms with van der Waals surface area (Å²) in [7, 11) is 6.49. The lowest BCUT2D eigenvalue weighted by molar-refractivity contribution is 0.0981. The highest BCUT2D eigenvalue weighted by molar-refractivity contribution is 4.90. The fourth-order valence-corrected chi connectivity index (χ4v) is 3.79. The minimum Gasteiger partial charge on any atom is -0.315 e. The van der Waals surface area contributed by atoms with Gasteiger partial charge in [0.2, 0.25) is 0 Å². The minimum atomic E-state index is 0.697. The van der Waals surface area contributed by atoms with E-state index in [1.807, 2.05) is 0 Å². The SMILES string of the molecule is CCCC1CCC(NC)C(N(CC)CCCN(C)C)C1. The zero-order chi connectivity index (χ0) is 15.0. The number of rotatable bonds is 9. The lowest BCUT2D eigenvalue weighted by Crippen LogP contribution is -2.52. The van der Waals surface area contributed by atoms with Gasteiger partial charge in [-0.1, -0.05) is 26.7 Å². The summed E-state index contributed by atoms with van der Waals surface area (Å²) >= 11 is 0. The van der Waals surface area contributed by atoms with E-state index in [2.05, 4.69) is 50.1 Å². The van der Waals surface area contributed by atoms with Crippen molar-refractivity contribution < 1.29 is 0 Å². The van der Waals surface area contributed by atoms with Gasteiger partial charge in [-0.15, -0.1) is 0 Å². The molecule has 1 rings (SSSR count). The van der Waals surface area contributed by atoms with Crippen LogP contribution in [0.15, 0.2) is 0 Å². The quantitative estimate of drug-likeness (QED) is 0.702. The van der Waals surface area contributed by atoms with Gasteiger partial charge in [0.25, 0.3) is 0 Å². The second-order valence-electron chi connectivity index (χ2n) is 6.72. The van der Waals surface area contributed by atoms with Gasteiger partial charge in [-0.05, 0) is 72.4 Å². The molecule has 1 N–H and O–H groups in total. The van der Waals surface area contributed by atoms with E-state index in [9.17, 15) is 0 Å². The topological polar surface area (TPSA) is 18.5 Å². The average Bonchev–Trinajstić information content (AvgIpc) is 2.44. The summed E-state index contributed by atoms with van der Waals surface area (Å²) in [5.74, 6) is 0.956. The summed E-state index contributed by atoms with van der Waals surface area (Å²) < 4.78 is 0. The zero-order valence-corrected chi connectivity index (χ0v) is 14.5. The number of likely N-dealkylation sites (N-methyl/N-ethyl adjacent to an activating group) is 2. The van der Waals surface area contributed by atoms with Gasteiger partial charge >= 0.3 is 0 Å². The number of hydrogen-bond donors (Lipinski definition) is 1. The van der Waals surface area contributed by atoms with Crippen molar-refractivity contribution in [2.75, 3.05) is 40.8 Å². The van der Waals surface area contributed by atoms with Crippen molar-refractivity contribution in [2.24, 2.45) is 5.92 Å². The number of nitrogens with zero attached hydrogens (tertiary/aromatic N) is 2. The zero-order valence-electron chi connectivity index (χ0n) is 14.5. The maximum absolute atomic E-state index is 3.58. The Bertz CT molecular complexity index is 242. The average molecular weight is 284 g/mol. The van der Waals surface area contributed by atoms with Crippen LogP contribution in [-0.4, -0.2) is 62.7 Å². The van der Waals surface area contributed by atoms with E-state index < -0.39 is 0 Å². The molecule has 0 aromatic rings. The van der Waals surface area contributed by atoms with Gasteiger partial charge in [0, 0.05) is 12.1 Å². The van der Waals surface area contributed by atoms with E-state index in [1.165, 1.54) is 58.2 Å². The van der Waals surface area contributed by atoms with Crippen LogP contribution in [-0.2, 0) is 0 Å². The number of nitrogens with one attached hydrogen (secondary N) is 1. The molecule has 0 heterocycles. The van der Waals surface area contributed by atoms with Crippen LogP contribution in [0.5, 0.6) is 0 Å². The van der Waals surface area contributed by atoms with Crippen LogP contribution in [0.1, 0.15) is 52.4 Å². The molecule has 0 bridgehead atoms. The van der Waals surface area contributed by atoms with Gasteiger partial charge in [-0.3, -0.25) is 4.90 Å². The van der Waals surface area contributed by atoms with Crippen molar-refractivity contribution in [1.29, 1.82) is 0 Å². The highest BCUT2D eigenvalue weighted by atomic mass is 15.2. The Labute approximate surface area is 127 Å². The second kappa shape index (κ2) is 9.75. The first kappa shape index (κ1) is 17.9. The molecular formula is C17H37N3. The van der Waals surface area contributed by atoms with Crippen LogP contribution in [0.3, 0.4) is 0 Å². The van der Waals surface area contributed by atoms with E-state index in [1.54, 1.807) is 0 Å². The van der Waals surface area contributed by atoms with Crippen LogP contribution < -0.4 is 5.32 Å². The Morgan fingerprint density at radius 3 is 2.40 bits per heavy atom. The van der Waals surface area contributed by atoms with Crippen LogP contribution in [0.2, 0.25) is 0 Å². The Morgan fingerprint density at radius 1 is 1.10 bits per heavy atom. The first-order valence-corrected chi connectivity index (χ1v) is 8.68. The fourth-order valence-electron chi connectivity index (χ4n) is 3.79. The summed E-state index contributed by atoms with van der Waals surface area (Å²) in [5, 5.41) is 3.58. The molecule has 1 aliphatic carbocycles.